The third kappa shape index (κ3) is 4.62. The minimum absolute atomic E-state index is 0.421. The number of hydrogen-bond acceptors (Lipinski definition) is 5. The summed E-state index contributed by atoms with van der Waals surface area (Å²) in [5, 5.41) is 5.17. The van der Waals surface area contributed by atoms with Crippen LogP contribution in [-0.2, 0) is 13.0 Å². The molecule has 2 aromatic heterocycles. The molecule has 0 aliphatic heterocycles. The van der Waals surface area contributed by atoms with Gasteiger partial charge in [-0.25, -0.2) is 0 Å². The number of aromatic nitrogens is 2. The van der Waals surface area contributed by atoms with Gasteiger partial charge < -0.3 is 24.3 Å². The van der Waals surface area contributed by atoms with Crippen molar-refractivity contribution in [2.45, 2.75) is 19.9 Å². The Morgan fingerprint density at radius 2 is 1.82 bits per heavy atom. The fourth-order valence-electron chi connectivity index (χ4n) is 3.88. The number of rotatable bonds is 8. The molecule has 0 unspecified atom stereocenters. The highest BCUT2D eigenvalue weighted by molar-refractivity contribution is 6.36. The quantitative estimate of drug-likeness (QED) is 0.331. The van der Waals surface area contributed by atoms with Gasteiger partial charge in [0, 0.05) is 28.9 Å². The maximum atomic E-state index is 12.1. The predicted molar refractivity (Wildman–Crippen MR) is 132 cm³/mol. The first kappa shape index (κ1) is 23.7. The number of carbonyl (C=O) groups is 1. The molecule has 0 atom stereocenters. The first-order chi connectivity index (χ1) is 16.3. The van der Waals surface area contributed by atoms with Crippen molar-refractivity contribution >= 4 is 29.1 Å². The Bertz CT molecular complexity index is 1360. The summed E-state index contributed by atoms with van der Waals surface area (Å²) in [7, 11) is 3.20. The summed E-state index contributed by atoms with van der Waals surface area (Å²) in [6.45, 7) is 2.42. The van der Waals surface area contributed by atoms with E-state index in [4.69, 9.17) is 42.9 Å². The summed E-state index contributed by atoms with van der Waals surface area (Å²) in [6.07, 6.45) is 0.672. The second kappa shape index (κ2) is 9.83. The van der Waals surface area contributed by atoms with Crippen molar-refractivity contribution in [2.24, 2.45) is 5.73 Å². The lowest BCUT2D eigenvalue weighted by Gasteiger charge is -2.12. The van der Waals surface area contributed by atoms with Gasteiger partial charge in [-0.2, -0.15) is 0 Å². The zero-order chi connectivity index (χ0) is 24.4. The van der Waals surface area contributed by atoms with Crippen LogP contribution in [-0.4, -0.2) is 29.9 Å². The lowest BCUT2D eigenvalue weighted by atomic mass is 10.1. The van der Waals surface area contributed by atoms with Gasteiger partial charge in [0.15, 0.2) is 17.3 Å². The SMILES string of the molecule is COc1ccc(CCn2c(-c3cc(-c4ccc(Cl)cc4Cl)no3)cc(C(N)=O)c2C)cc1OC. The summed E-state index contributed by atoms with van der Waals surface area (Å²) in [6, 6.07) is 14.4. The Hall–Kier alpha value is -3.42. The zero-order valence-corrected chi connectivity index (χ0v) is 20.4. The van der Waals surface area contributed by atoms with Gasteiger partial charge in [-0.05, 0) is 55.3 Å². The minimum Gasteiger partial charge on any atom is -0.493 e. The van der Waals surface area contributed by atoms with E-state index in [1.165, 1.54) is 0 Å². The van der Waals surface area contributed by atoms with Crippen molar-refractivity contribution < 1.29 is 18.8 Å². The molecule has 1 amide bonds. The Labute approximate surface area is 207 Å². The number of amides is 1. The fraction of sp³-hybridized carbons (Fsp3) is 0.200. The topological polar surface area (TPSA) is 92.5 Å². The maximum absolute atomic E-state index is 12.1. The molecule has 34 heavy (non-hydrogen) atoms. The Balaban J connectivity index is 1.69. The van der Waals surface area contributed by atoms with Crippen molar-refractivity contribution in [2.75, 3.05) is 14.2 Å². The van der Waals surface area contributed by atoms with E-state index in [-0.39, 0.29) is 0 Å². The highest BCUT2D eigenvalue weighted by Gasteiger charge is 2.21. The van der Waals surface area contributed by atoms with Crippen molar-refractivity contribution in [1.29, 1.82) is 0 Å². The summed E-state index contributed by atoms with van der Waals surface area (Å²) in [5.74, 6) is 1.30. The fourth-order valence-corrected chi connectivity index (χ4v) is 4.39. The highest BCUT2D eigenvalue weighted by atomic mass is 35.5. The van der Waals surface area contributed by atoms with E-state index in [1.54, 1.807) is 44.6 Å². The lowest BCUT2D eigenvalue weighted by molar-refractivity contribution is 0.0999. The number of nitrogens with two attached hydrogens (primary N) is 1. The van der Waals surface area contributed by atoms with Crippen molar-refractivity contribution in [3.8, 4) is 34.2 Å². The molecule has 0 radical (unpaired) electrons. The molecule has 0 aliphatic carbocycles. The molecule has 176 valence electrons. The third-order valence-corrected chi connectivity index (χ3v) is 6.22. The molecule has 0 saturated heterocycles. The summed E-state index contributed by atoms with van der Waals surface area (Å²) in [4.78, 5) is 12.1. The second-order valence-electron chi connectivity index (χ2n) is 7.68. The largest absolute Gasteiger partial charge is 0.493 e. The molecule has 2 aromatic carbocycles. The van der Waals surface area contributed by atoms with Gasteiger partial charge in [0.1, 0.15) is 5.69 Å². The molecular formula is C25H23Cl2N3O4. The average molecular weight is 500 g/mol. The van der Waals surface area contributed by atoms with Crippen LogP contribution in [0, 0.1) is 6.92 Å². The lowest BCUT2D eigenvalue weighted by Crippen LogP contribution is -2.13. The van der Waals surface area contributed by atoms with Gasteiger partial charge in [-0.1, -0.05) is 34.4 Å². The van der Waals surface area contributed by atoms with Gasteiger partial charge >= 0.3 is 0 Å². The number of halogens is 2. The minimum atomic E-state index is -0.510. The molecule has 0 aliphatic rings. The molecule has 0 bridgehead atoms. The van der Waals surface area contributed by atoms with Gasteiger partial charge in [0.25, 0.3) is 5.91 Å². The number of nitrogens with zero attached hydrogens (tertiary/aromatic N) is 2. The number of methoxy groups -OCH3 is 2. The first-order valence-corrected chi connectivity index (χ1v) is 11.2. The van der Waals surface area contributed by atoms with E-state index >= 15 is 0 Å². The van der Waals surface area contributed by atoms with E-state index < -0.39 is 5.91 Å². The molecule has 2 heterocycles. The summed E-state index contributed by atoms with van der Waals surface area (Å²) < 4.78 is 18.4. The molecule has 4 aromatic rings. The Morgan fingerprint density at radius 3 is 2.50 bits per heavy atom. The second-order valence-corrected chi connectivity index (χ2v) is 8.53. The smallest absolute Gasteiger partial charge is 0.250 e. The van der Waals surface area contributed by atoms with Crippen LogP contribution in [0.1, 0.15) is 21.6 Å². The van der Waals surface area contributed by atoms with E-state index in [9.17, 15) is 4.79 Å². The van der Waals surface area contributed by atoms with E-state index in [1.807, 2.05) is 29.7 Å². The van der Waals surface area contributed by atoms with E-state index in [2.05, 4.69) is 5.16 Å². The van der Waals surface area contributed by atoms with Crippen LogP contribution < -0.4 is 15.2 Å². The monoisotopic (exact) mass is 499 g/mol. The van der Waals surface area contributed by atoms with Gasteiger partial charge in [-0.3, -0.25) is 4.79 Å². The van der Waals surface area contributed by atoms with Crippen LogP contribution in [0.5, 0.6) is 11.5 Å². The highest BCUT2D eigenvalue weighted by Crippen LogP contribution is 2.34. The first-order valence-electron chi connectivity index (χ1n) is 10.5. The molecule has 4 rings (SSSR count). The Morgan fingerprint density at radius 1 is 1.06 bits per heavy atom. The normalized spacial score (nSPS) is 11.0. The zero-order valence-electron chi connectivity index (χ0n) is 18.9. The third-order valence-electron chi connectivity index (χ3n) is 5.67. The van der Waals surface area contributed by atoms with Crippen LogP contribution in [0.15, 0.2) is 53.1 Å². The summed E-state index contributed by atoms with van der Waals surface area (Å²) in [5.41, 5.74) is 9.77. The van der Waals surface area contributed by atoms with Crippen molar-refractivity contribution in [3.63, 3.8) is 0 Å². The standard InChI is InChI=1S/C25H23Cl2N3O4/c1-14-18(25(28)31)12-21(23-13-20(29-34-23)17-6-5-16(26)11-19(17)27)30(14)9-8-15-4-7-22(32-2)24(10-15)33-3/h4-7,10-13H,8-9H2,1-3H3,(H2,28,31). The van der Waals surface area contributed by atoms with Crippen LogP contribution in [0.4, 0.5) is 0 Å². The Kier molecular flexibility index (Phi) is 6.86. The van der Waals surface area contributed by atoms with Crippen LogP contribution in [0.3, 0.4) is 0 Å². The molecule has 7 nitrogen and oxygen atoms in total. The van der Waals surface area contributed by atoms with E-state index in [0.29, 0.717) is 62.8 Å². The number of ether oxygens (including phenoxy) is 2. The van der Waals surface area contributed by atoms with Gasteiger partial charge in [0.05, 0.1) is 30.5 Å². The molecule has 0 fully saturated rings. The number of carbonyl (C=O) groups excluding carboxylic acids is 1. The molecular weight excluding hydrogens is 477 g/mol. The van der Waals surface area contributed by atoms with E-state index in [0.717, 1.165) is 11.3 Å². The van der Waals surface area contributed by atoms with Crippen molar-refractivity contribution in [3.05, 3.63) is 75.4 Å². The summed E-state index contributed by atoms with van der Waals surface area (Å²) >= 11 is 12.3. The molecule has 0 saturated carbocycles. The van der Waals surface area contributed by atoms with Crippen molar-refractivity contribution in [1.82, 2.24) is 9.72 Å². The molecule has 2 N–H and O–H groups in total. The number of benzene rings is 2. The number of aryl methyl sites for hydroxylation is 1. The molecule has 9 heteroatoms. The predicted octanol–water partition coefficient (Wildman–Crippen LogP) is 5.78. The number of hydrogen-bond donors (Lipinski definition) is 1. The average Bonchev–Trinajstić information content (AvgIpc) is 3.42. The van der Waals surface area contributed by atoms with Gasteiger partial charge in [-0.15, -0.1) is 0 Å². The van der Waals surface area contributed by atoms with Crippen LogP contribution in [0.2, 0.25) is 10.0 Å². The number of primary amides is 1. The van der Waals surface area contributed by atoms with Crippen LogP contribution >= 0.6 is 23.2 Å². The van der Waals surface area contributed by atoms with Crippen LogP contribution in [0.25, 0.3) is 22.7 Å². The maximum Gasteiger partial charge on any atom is 0.250 e. The van der Waals surface area contributed by atoms with Gasteiger partial charge in [0.2, 0.25) is 0 Å². The molecule has 0 spiro atoms.